The molecule has 4 nitrogen and oxygen atoms in total. The van der Waals surface area contributed by atoms with Gasteiger partial charge in [-0.2, -0.15) is 0 Å². The summed E-state index contributed by atoms with van der Waals surface area (Å²) < 4.78 is 18.8. The van der Waals surface area contributed by atoms with E-state index in [0.717, 1.165) is 32.4 Å². The zero-order valence-corrected chi connectivity index (χ0v) is 14.2. The van der Waals surface area contributed by atoms with Gasteiger partial charge in [-0.05, 0) is 48.9 Å². The van der Waals surface area contributed by atoms with Gasteiger partial charge in [-0.3, -0.25) is 9.78 Å². The number of nitrogens with zero attached hydrogens (tertiary/aromatic N) is 2. The number of pyridine rings is 1. The Balaban J connectivity index is 1.39. The number of likely N-dealkylation sites (tertiary alicyclic amines) is 1. The second-order valence-corrected chi connectivity index (χ2v) is 6.42. The molecule has 0 atom stereocenters. The van der Waals surface area contributed by atoms with Crippen molar-refractivity contribution in [2.24, 2.45) is 5.92 Å². The summed E-state index contributed by atoms with van der Waals surface area (Å²) in [5.74, 6) is 0.482. The number of benzene rings is 1. The highest BCUT2D eigenvalue weighted by Crippen LogP contribution is 2.22. The number of para-hydroxylation sites is 1. The van der Waals surface area contributed by atoms with Crippen molar-refractivity contribution >= 4 is 5.91 Å². The minimum absolute atomic E-state index is 0.0798. The number of aromatic nitrogens is 1. The molecule has 1 saturated heterocycles. The lowest BCUT2D eigenvalue weighted by Crippen LogP contribution is -2.39. The average Bonchev–Trinajstić information content (AvgIpc) is 2.65. The van der Waals surface area contributed by atoms with E-state index in [1.54, 1.807) is 24.4 Å². The van der Waals surface area contributed by atoms with Crippen LogP contribution in [0.1, 0.15) is 24.8 Å². The molecule has 0 radical (unpaired) electrons. The summed E-state index contributed by atoms with van der Waals surface area (Å²) in [4.78, 5) is 18.3. The molecule has 1 fully saturated rings. The highest BCUT2D eigenvalue weighted by atomic mass is 19.1. The molecule has 2 heterocycles. The van der Waals surface area contributed by atoms with Crippen molar-refractivity contribution in [3.8, 4) is 5.75 Å². The molecule has 1 aliphatic rings. The van der Waals surface area contributed by atoms with Crippen LogP contribution < -0.4 is 4.74 Å². The van der Waals surface area contributed by atoms with Gasteiger partial charge in [-0.15, -0.1) is 0 Å². The number of hydrogen-bond donors (Lipinski definition) is 0. The van der Waals surface area contributed by atoms with Crippen LogP contribution in [0.5, 0.6) is 5.75 Å². The van der Waals surface area contributed by atoms with Crippen LogP contribution in [-0.4, -0.2) is 35.5 Å². The third-order valence-corrected chi connectivity index (χ3v) is 4.62. The number of halogens is 1. The third kappa shape index (κ3) is 5.02. The highest BCUT2D eigenvalue weighted by Gasteiger charge is 2.22. The van der Waals surface area contributed by atoms with Crippen LogP contribution in [0.2, 0.25) is 0 Å². The predicted octanol–water partition coefficient (Wildman–Crippen LogP) is 3.47. The van der Waals surface area contributed by atoms with Gasteiger partial charge in [0.1, 0.15) is 0 Å². The summed E-state index contributed by atoms with van der Waals surface area (Å²) in [5.41, 5.74) is 1.26. The second-order valence-electron chi connectivity index (χ2n) is 6.42. The van der Waals surface area contributed by atoms with Crippen LogP contribution in [0.15, 0.2) is 48.8 Å². The van der Waals surface area contributed by atoms with E-state index in [9.17, 15) is 9.18 Å². The topological polar surface area (TPSA) is 42.4 Å². The largest absolute Gasteiger partial charge is 0.490 e. The SMILES string of the molecule is O=C(CCOc1ccccc1F)N1CCC(Cc2cccnc2)CC1. The molecule has 0 saturated carbocycles. The van der Waals surface area contributed by atoms with Crippen LogP contribution in [0.25, 0.3) is 0 Å². The van der Waals surface area contributed by atoms with E-state index in [4.69, 9.17) is 4.74 Å². The Kier molecular flexibility index (Phi) is 5.99. The van der Waals surface area contributed by atoms with Gasteiger partial charge in [0.15, 0.2) is 11.6 Å². The summed E-state index contributed by atoms with van der Waals surface area (Å²) in [7, 11) is 0. The van der Waals surface area contributed by atoms with E-state index in [1.165, 1.54) is 11.6 Å². The fourth-order valence-electron chi connectivity index (χ4n) is 3.21. The summed E-state index contributed by atoms with van der Waals surface area (Å²) in [6.07, 6.45) is 7.02. The first-order valence-electron chi connectivity index (χ1n) is 8.76. The first-order valence-corrected chi connectivity index (χ1v) is 8.76. The molecule has 132 valence electrons. The number of hydrogen-bond acceptors (Lipinski definition) is 3. The molecule has 0 spiro atoms. The number of ether oxygens (including phenoxy) is 1. The Morgan fingerprint density at radius 1 is 1.20 bits per heavy atom. The lowest BCUT2D eigenvalue weighted by molar-refractivity contribution is -0.133. The number of carbonyl (C=O) groups excluding carboxylic acids is 1. The Bertz CT molecular complexity index is 685. The first kappa shape index (κ1) is 17.4. The zero-order chi connectivity index (χ0) is 17.5. The molecule has 5 heteroatoms. The van der Waals surface area contributed by atoms with Crippen molar-refractivity contribution < 1.29 is 13.9 Å². The van der Waals surface area contributed by atoms with Crippen molar-refractivity contribution in [2.75, 3.05) is 19.7 Å². The van der Waals surface area contributed by atoms with E-state index < -0.39 is 5.82 Å². The maximum absolute atomic E-state index is 13.5. The van der Waals surface area contributed by atoms with Crippen LogP contribution in [0, 0.1) is 11.7 Å². The lowest BCUT2D eigenvalue weighted by atomic mass is 9.90. The number of rotatable bonds is 6. The van der Waals surface area contributed by atoms with Crippen LogP contribution in [-0.2, 0) is 11.2 Å². The number of amides is 1. The maximum atomic E-state index is 13.5. The standard InChI is InChI=1S/C20H23FN2O2/c21-18-5-1-2-6-19(18)25-13-9-20(24)23-11-7-16(8-12-23)14-17-4-3-10-22-15-17/h1-6,10,15-16H,7-9,11-14H2. The van der Waals surface area contributed by atoms with Gasteiger partial charge in [0, 0.05) is 25.5 Å². The minimum atomic E-state index is -0.397. The molecule has 2 aromatic rings. The first-order chi connectivity index (χ1) is 12.2. The van der Waals surface area contributed by atoms with E-state index in [-0.39, 0.29) is 24.7 Å². The Morgan fingerprint density at radius 2 is 2.00 bits per heavy atom. The molecule has 0 N–H and O–H groups in total. The van der Waals surface area contributed by atoms with E-state index in [2.05, 4.69) is 11.1 Å². The Labute approximate surface area is 147 Å². The smallest absolute Gasteiger partial charge is 0.225 e. The molecule has 0 bridgehead atoms. The summed E-state index contributed by atoms with van der Waals surface area (Å²) in [6.45, 7) is 1.77. The van der Waals surface area contributed by atoms with Crippen LogP contribution >= 0.6 is 0 Å². The van der Waals surface area contributed by atoms with Gasteiger partial charge in [-0.1, -0.05) is 18.2 Å². The summed E-state index contributed by atoms with van der Waals surface area (Å²) >= 11 is 0. The number of piperidine rings is 1. The molecular weight excluding hydrogens is 319 g/mol. The maximum Gasteiger partial charge on any atom is 0.225 e. The van der Waals surface area contributed by atoms with Gasteiger partial charge >= 0.3 is 0 Å². The summed E-state index contributed by atoms with van der Waals surface area (Å²) in [6, 6.07) is 10.3. The number of carbonyl (C=O) groups is 1. The third-order valence-electron chi connectivity index (χ3n) is 4.62. The monoisotopic (exact) mass is 342 g/mol. The van der Waals surface area contributed by atoms with Crippen molar-refractivity contribution in [3.05, 3.63) is 60.2 Å². The normalized spacial score (nSPS) is 15.2. The van der Waals surface area contributed by atoms with E-state index >= 15 is 0 Å². The van der Waals surface area contributed by atoms with Crippen molar-refractivity contribution in [1.29, 1.82) is 0 Å². The van der Waals surface area contributed by atoms with Gasteiger partial charge < -0.3 is 9.64 Å². The second kappa shape index (κ2) is 8.60. The molecule has 1 aromatic carbocycles. The molecule has 1 aromatic heterocycles. The molecule has 25 heavy (non-hydrogen) atoms. The summed E-state index contributed by atoms with van der Waals surface area (Å²) in [5, 5.41) is 0. The molecule has 0 unspecified atom stereocenters. The molecular formula is C20H23FN2O2. The fraction of sp³-hybridized carbons (Fsp3) is 0.400. The average molecular weight is 342 g/mol. The van der Waals surface area contributed by atoms with Gasteiger partial charge in [-0.25, -0.2) is 4.39 Å². The van der Waals surface area contributed by atoms with Gasteiger partial charge in [0.05, 0.1) is 13.0 Å². The minimum Gasteiger partial charge on any atom is -0.490 e. The Hall–Kier alpha value is -2.43. The van der Waals surface area contributed by atoms with Crippen molar-refractivity contribution in [1.82, 2.24) is 9.88 Å². The van der Waals surface area contributed by atoms with Crippen LogP contribution in [0.3, 0.4) is 0 Å². The molecule has 1 aliphatic heterocycles. The fourth-order valence-corrected chi connectivity index (χ4v) is 3.21. The lowest BCUT2D eigenvalue weighted by Gasteiger charge is -2.32. The predicted molar refractivity (Wildman–Crippen MR) is 93.8 cm³/mol. The van der Waals surface area contributed by atoms with E-state index in [1.807, 2.05) is 17.2 Å². The van der Waals surface area contributed by atoms with Crippen molar-refractivity contribution in [3.63, 3.8) is 0 Å². The molecule has 3 rings (SSSR count). The van der Waals surface area contributed by atoms with Crippen molar-refractivity contribution in [2.45, 2.75) is 25.7 Å². The zero-order valence-electron chi connectivity index (χ0n) is 14.2. The highest BCUT2D eigenvalue weighted by molar-refractivity contribution is 5.76. The van der Waals surface area contributed by atoms with Gasteiger partial charge in [0.25, 0.3) is 0 Å². The quantitative estimate of drug-likeness (QED) is 0.807. The molecule has 1 amide bonds. The van der Waals surface area contributed by atoms with Crippen LogP contribution in [0.4, 0.5) is 4.39 Å². The van der Waals surface area contributed by atoms with E-state index in [0.29, 0.717) is 5.92 Å². The van der Waals surface area contributed by atoms with Gasteiger partial charge in [0.2, 0.25) is 5.91 Å². The molecule has 0 aliphatic carbocycles. The Morgan fingerprint density at radius 3 is 2.72 bits per heavy atom.